The van der Waals surface area contributed by atoms with Crippen LogP contribution in [0.25, 0.3) is 83.3 Å². The number of hydrogen-bond donors (Lipinski definition) is 0. The Hall–Kier alpha value is -5.68. The molecule has 9 aromatic rings. The molecule has 5 nitrogen and oxygen atoms in total. The number of furan rings is 1. The second kappa shape index (κ2) is 14.0. The fourth-order valence-corrected chi connectivity index (χ4v) is 8.15. The van der Waals surface area contributed by atoms with Crippen LogP contribution < -0.4 is 0 Å². The molecule has 259 valence electrons. The summed E-state index contributed by atoms with van der Waals surface area (Å²) >= 11 is 0. The molecule has 0 aliphatic heterocycles. The number of aromatic nitrogens is 4. The van der Waals surface area contributed by atoms with E-state index in [4.69, 9.17) is 4.42 Å². The zero-order chi connectivity index (χ0) is 34.4. The summed E-state index contributed by atoms with van der Waals surface area (Å²) in [5.74, 6) is 1.03. The predicted octanol–water partition coefficient (Wildman–Crippen LogP) is 11.8. The Morgan fingerprint density at radius 1 is 0.736 bits per heavy atom. The largest absolute Gasteiger partial charge is 0.476 e. The van der Waals surface area contributed by atoms with Gasteiger partial charge >= 0.3 is 0 Å². The number of pyridine rings is 2. The number of imidazole rings is 1. The monoisotopic (exact) mass is 863 g/mol. The Bertz CT molecular complexity index is 2770. The molecule has 1 saturated carbocycles. The molecule has 0 atom stereocenters. The standard InChI is InChI=1S/C28H16NO.C19H18N3.Ir/c1-2-9-21-17(5-1)13-14-29-28(21)20-11-12-22-24(16-20)30-25-15-19-8-3-6-18-7-4-10-23(26(18)19)27(22)25;1-2-6-18(5-1)22-13-12-21-19(22)16-9-7-15(8-10-16)17-4-3-11-20-14-17;/h1-5,7-15H,6H2;3-4,7-9,11-14,18H,1-2,5-6H2;/q2*-1;. The number of nitrogens with zero attached hydrogens (tertiary/aromatic N) is 4. The van der Waals surface area contributed by atoms with Crippen molar-refractivity contribution in [1.29, 1.82) is 0 Å². The van der Waals surface area contributed by atoms with Gasteiger partial charge in [-0.25, -0.2) is 0 Å². The smallest absolute Gasteiger partial charge is 0.124 e. The van der Waals surface area contributed by atoms with Gasteiger partial charge in [0.25, 0.3) is 0 Å². The van der Waals surface area contributed by atoms with Crippen LogP contribution in [-0.2, 0) is 26.5 Å². The van der Waals surface area contributed by atoms with Gasteiger partial charge in [0.2, 0.25) is 0 Å². The van der Waals surface area contributed by atoms with Gasteiger partial charge in [-0.2, -0.15) is 0 Å². The summed E-state index contributed by atoms with van der Waals surface area (Å²) in [7, 11) is 0. The van der Waals surface area contributed by atoms with Crippen molar-refractivity contribution in [1.82, 2.24) is 19.5 Å². The van der Waals surface area contributed by atoms with E-state index in [0.717, 1.165) is 62.1 Å². The number of fused-ring (bicyclic) bond motifs is 5. The van der Waals surface area contributed by atoms with Crippen molar-refractivity contribution in [3.63, 3.8) is 0 Å². The van der Waals surface area contributed by atoms with E-state index in [9.17, 15) is 0 Å². The van der Waals surface area contributed by atoms with E-state index in [-0.39, 0.29) is 20.1 Å². The first kappa shape index (κ1) is 33.2. The van der Waals surface area contributed by atoms with Crippen molar-refractivity contribution >= 4 is 49.6 Å². The Balaban J connectivity index is 0.000000145. The summed E-state index contributed by atoms with van der Waals surface area (Å²) in [5.41, 5.74) is 9.50. The minimum atomic E-state index is 0. The molecule has 5 aromatic carbocycles. The average Bonchev–Trinajstić information content (AvgIpc) is 3.99. The zero-order valence-electron chi connectivity index (χ0n) is 28.9. The minimum Gasteiger partial charge on any atom is -0.476 e. The second-order valence-electron chi connectivity index (χ2n) is 13.7. The first-order chi connectivity index (χ1) is 25.8. The van der Waals surface area contributed by atoms with Crippen molar-refractivity contribution in [2.75, 3.05) is 0 Å². The summed E-state index contributed by atoms with van der Waals surface area (Å²) in [6.45, 7) is 0. The van der Waals surface area contributed by atoms with Gasteiger partial charge in [0, 0.05) is 57.1 Å². The number of rotatable bonds is 4. The fraction of sp³-hybridized carbons (Fsp3) is 0.128. The van der Waals surface area contributed by atoms with Gasteiger partial charge < -0.3 is 14.0 Å². The molecular formula is C47H34IrN4O-2. The van der Waals surface area contributed by atoms with Crippen molar-refractivity contribution in [2.45, 2.75) is 38.1 Å². The van der Waals surface area contributed by atoms with Gasteiger partial charge in [0.05, 0.1) is 11.4 Å². The van der Waals surface area contributed by atoms with E-state index in [1.54, 1.807) is 6.20 Å². The molecule has 1 fully saturated rings. The molecule has 4 heterocycles. The molecule has 11 rings (SSSR count). The number of hydrogen-bond acceptors (Lipinski definition) is 4. The van der Waals surface area contributed by atoms with Gasteiger partial charge in [-0.3, -0.25) is 9.97 Å². The van der Waals surface area contributed by atoms with Crippen molar-refractivity contribution in [3.05, 3.63) is 157 Å². The molecule has 0 bridgehead atoms. The van der Waals surface area contributed by atoms with E-state index in [1.165, 1.54) is 58.4 Å². The van der Waals surface area contributed by atoms with Crippen LogP contribution in [0.1, 0.15) is 42.9 Å². The first-order valence-electron chi connectivity index (χ1n) is 18.1. The molecule has 4 aromatic heterocycles. The Kier molecular flexibility index (Phi) is 8.79. The maximum absolute atomic E-state index is 6.32. The summed E-state index contributed by atoms with van der Waals surface area (Å²) in [5, 5.41) is 7.18. The maximum atomic E-state index is 6.32. The van der Waals surface area contributed by atoms with Crippen LogP contribution in [0.5, 0.6) is 0 Å². The predicted molar refractivity (Wildman–Crippen MR) is 211 cm³/mol. The third-order valence-corrected chi connectivity index (χ3v) is 10.6. The van der Waals surface area contributed by atoms with Crippen LogP contribution in [0.2, 0.25) is 0 Å². The summed E-state index contributed by atoms with van der Waals surface area (Å²) < 4.78 is 8.65. The summed E-state index contributed by atoms with van der Waals surface area (Å²) in [6, 6.07) is 41.2. The van der Waals surface area contributed by atoms with E-state index in [0.29, 0.717) is 6.04 Å². The van der Waals surface area contributed by atoms with Crippen LogP contribution in [0.3, 0.4) is 0 Å². The van der Waals surface area contributed by atoms with Crippen molar-refractivity contribution < 1.29 is 24.5 Å². The molecule has 2 aliphatic carbocycles. The van der Waals surface area contributed by atoms with Crippen LogP contribution in [0.15, 0.2) is 139 Å². The van der Waals surface area contributed by atoms with E-state index < -0.39 is 0 Å². The van der Waals surface area contributed by atoms with Crippen LogP contribution in [-0.4, -0.2) is 19.5 Å². The molecule has 0 saturated heterocycles. The SMILES string of the molecule is [Ir].[c-]1c(-c2nccc3ccccc23)ccc2c1oc1cc3c4c(cccc4c12)CC=C3.[c-]1cc(-c2cccnc2)ccc1-c1nccn1C1CCCC1. The Morgan fingerprint density at radius 3 is 2.49 bits per heavy atom. The molecular weight excluding hydrogens is 829 g/mol. The molecule has 0 N–H and O–H groups in total. The summed E-state index contributed by atoms with van der Waals surface area (Å²) in [4.78, 5) is 13.4. The van der Waals surface area contributed by atoms with Gasteiger partial charge in [0.15, 0.2) is 0 Å². The average molecular weight is 863 g/mol. The maximum Gasteiger partial charge on any atom is 0.124 e. The van der Waals surface area contributed by atoms with Crippen LogP contribution >= 0.6 is 0 Å². The summed E-state index contributed by atoms with van der Waals surface area (Å²) in [6.07, 6.45) is 20.1. The Labute approximate surface area is 321 Å². The molecule has 2 aliphatic rings. The molecule has 6 heteroatoms. The van der Waals surface area contributed by atoms with Gasteiger partial charge in [0.1, 0.15) is 5.58 Å². The number of benzene rings is 5. The Morgan fingerprint density at radius 2 is 1.62 bits per heavy atom. The fourth-order valence-electron chi connectivity index (χ4n) is 8.15. The van der Waals surface area contributed by atoms with Crippen molar-refractivity contribution in [3.8, 4) is 33.8 Å². The molecule has 1 radical (unpaired) electrons. The second-order valence-corrected chi connectivity index (χ2v) is 13.7. The quantitative estimate of drug-likeness (QED) is 0.165. The van der Waals surface area contributed by atoms with Gasteiger partial charge in [-0.1, -0.05) is 90.5 Å². The van der Waals surface area contributed by atoms with Crippen LogP contribution in [0, 0.1) is 12.1 Å². The zero-order valence-corrected chi connectivity index (χ0v) is 31.3. The van der Waals surface area contributed by atoms with E-state index >= 15 is 0 Å². The van der Waals surface area contributed by atoms with Crippen LogP contribution in [0.4, 0.5) is 0 Å². The van der Waals surface area contributed by atoms with Gasteiger partial charge in [-0.05, 0) is 86.8 Å². The minimum absolute atomic E-state index is 0. The molecule has 0 amide bonds. The normalized spacial score (nSPS) is 13.7. The topological polar surface area (TPSA) is 56.7 Å². The van der Waals surface area contributed by atoms with E-state index in [1.807, 2.05) is 42.9 Å². The third-order valence-electron chi connectivity index (χ3n) is 10.6. The third kappa shape index (κ3) is 5.98. The van der Waals surface area contributed by atoms with E-state index in [2.05, 4.69) is 123 Å². The first-order valence-corrected chi connectivity index (χ1v) is 18.1. The van der Waals surface area contributed by atoms with Crippen molar-refractivity contribution in [2.24, 2.45) is 0 Å². The molecule has 0 unspecified atom stereocenters. The molecule has 53 heavy (non-hydrogen) atoms. The van der Waals surface area contributed by atoms with Gasteiger partial charge in [-0.15, -0.1) is 47.5 Å². The number of allylic oxidation sites excluding steroid dienone is 1. The molecule has 0 spiro atoms.